The van der Waals surface area contributed by atoms with E-state index in [9.17, 15) is 18.0 Å². The van der Waals surface area contributed by atoms with Crippen molar-refractivity contribution in [1.29, 1.82) is 0 Å². The maximum absolute atomic E-state index is 11.9. The molecule has 1 aromatic rings. The molecule has 0 aliphatic rings. The Kier molecular flexibility index (Phi) is 5.87. The van der Waals surface area contributed by atoms with E-state index in [-0.39, 0.29) is 28.8 Å². The van der Waals surface area contributed by atoms with E-state index < -0.39 is 11.5 Å². The Morgan fingerprint density at radius 3 is 2.56 bits per heavy atom. The van der Waals surface area contributed by atoms with Crippen molar-refractivity contribution in [2.45, 2.75) is 10.4 Å². The van der Waals surface area contributed by atoms with E-state index in [0.29, 0.717) is 9.37 Å². The van der Waals surface area contributed by atoms with E-state index in [4.69, 9.17) is 5.11 Å². The maximum Gasteiger partial charge on any atom is 0.441 e. The van der Waals surface area contributed by atoms with Crippen molar-refractivity contribution < 1.29 is 23.1 Å². The first-order valence-corrected chi connectivity index (χ1v) is 7.42. The van der Waals surface area contributed by atoms with E-state index in [1.54, 1.807) is 12.1 Å². The van der Waals surface area contributed by atoms with Crippen LogP contribution in [-0.4, -0.2) is 28.1 Å². The Morgan fingerprint density at radius 2 is 2.00 bits per heavy atom. The molecule has 0 saturated carbocycles. The average Bonchev–Trinajstić information content (AvgIpc) is 2.24. The Morgan fingerprint density at radius 1 is 1.33 bits per heavy atom. The lowest BCUT2D eigenvalue weighted by Gasteiger charge is -2.06. The lowest BCUT2D eigenvalue weighted by atomic mass is 10.2. The van der Waals surface area contributed by atoms with Crippen LogP contribution in [0.15, 0.2) is 27.6 Å². The summed E-state index contributed by atoms with van der Waals surface area (Å²) in [5, 5.41) is 8.88. The van der Waals surface area contributed by atoms with Gasteiger partial charge in [-0.05, 0) is 34.1 Å². The molecule has 0 bridgehead atoms. The number of hydrogen-bond donors (Lipinski definition) is 1. The third-order valence-corrected chi connectivity index (χ3v) is 4.47. The normalized spacial score (nSPS) is 11.6. The largest absolute Gasteiger partial charge is 0.478 e. The summed E-state index contributed by atoms with van der Waals surface area (Å²) in [6.45, 7) is 0. The predicted octanol–water partition coefficient (Wildman–Crippen LogP) is 4.49. The number of carboxylic acid groups (broad SMARTS) is 1. The second kappa shape index (κ2) is 6.72. The van der Waals surface area contributed by atoms with Gasteiger partial charge < -0.3 is 5.11 Å². The third kappa shape index (κ3) is 5.53. The summed E-state index contributed by atoms with van der Waals surface area (Å²) in [6.07, 6.45) is 0. The molecule has 0 aromatic heterocycles. The molecular weight excluding hydrogens is 353 g/mol. The monoisotopic (exact) mass is 360 g/mol. The van der Waals surface area contributed by atoms with Gasteiger partial charge in [-0.1, -0.05) is 11.8 Å². The molecule has 18 heavy (non-hydrogen) atoms. The van der Waals surface area contributed by atoms with Crippen molar-refractivity contribution in [2.24, 2.45) is 0 Å². The lowest BCUT2D eigenvalue weighted by Crippen LogP contribution is -2.02. The summed E-state index contributed by atoms with van der Waals surface area (Å²) in [5.41, 5.74) is -4.12. The van der Waals surface area contributed by atoms with Gasteiger partial charge in [0.25, 0.3) is 0 Å². The van der Waals surface area contributed by atoms with Crippen LogP contribution in [0.2, 0.25) is 0 Å². The van der Waals surface area contributed by atoms with Crippen LogP contribution < -0.4 is 0 Å². The van der Waals surface area contributed by atoms with Crippen LogP contribution >= 0.6 is 39.5 Å². The van der Waals surface area contributed by atoms with Gasteiger partial charge in [0.15, 0.2) is 0 Å². The molecule has 0 spiro atoms. The van der Waals surface area contributed by atoms with Crippen LogP contribution in [0.25, 0.3) is 0 Å². The van der Waals surface area contributed by atoms with Crippen LogP contribution in [0.4, 0.5) is 13.2 Å². The van der Waals surface area contributed by atoms with Crippen LogP contribution in [0.1, 0.15) is 10.4 Å². The first kappa shape index (κ1) is 15.7. The molecule has 100 valence electrons. The van der Waals surface area contributed by atoms with E-state index >= 15 is 0 Å². The van der Waals surface area contributed by atoms with Gasteiger partial charge in [-0.3, -0.25) is 0 Å². The quantitative estimate of drug-likeness (QED) is 0.619. The van der Waals surface area contributed by atoms with Crippen LogP contribution in [0.3, 0.4) is 0 Å². The van der Waals surface area contributed by atoms with Gasteiger partial charge in [-0.25, -0.2) is 4.79 Å². The topological polar surface area (TPSA) is 37.3 Å². The van der Waals surface area contributed by atoms with Gasteiger partial charge >= 0.3 is 11.5 Å². The molecule has 0 amide bonds. The minimum Gasteiger partial charge on any atom is -0.478 e. The van der Waals surface area contributed by atoms with Crippen molar-refractivity contribution in [3.63, 3.8) is 0 Å². The fourth-order valence-electron chi connectivity index (χ4n) is 1.07. The summed E-state index contributed by atoms with van der Waals surface area (Å²) >= 11 is 4.21. The summed E-state index contributed by atoms with van der Waals surface area (Å²) in [5.74, 6) is -0.869. The molecule has 8 heteroatoms. The fourth-order valence-corrected chi connectivity index (χ4v) is 2.99. The molecule has 2 nitrogen and oxygen atoms in total. The van der Waals surface area contributed by atoms with Crippen LogP contribution in [0, 0.1) is 0 Å². The Bertz CT molecular complexity index is 438. The molecule has 0 heterocycles. The second-order valence-corrected chi connectivity index (χ2v) is 6.27. The van der Waals surface area contributed by atoms with Gasteiger partial charge in [0.05, 0.1) is 5.56 Å². The molecule has 0 aliphatic heterocycles. The highest BCUT2D eigenvalue weighted by atomic mass is 79.9. The third-order valence-electron chi connectivity index (χ3n) is 1.79. The van der Waals surface area contributed by atoms with E-state index in [1.807, 2.05) is 0 Å². The number of benzene rings is 1. The molecule has 1 N–H and O–H groups in total. The van der Waals surface area contributed by atoms with E-state index in [0.717, 1.165) is 0 Å². The van der Waals surface area contributed by atoms with Gasteiger partial charge in [0.2, 0.25) is 0 Å². The first-order valence-electron chi connectivity index (χ1n) is 4.66. The molecule has 0 aliphatic carbocycles. The molecule has 1 rings (SSSR count). The molecule has 0 saturated heterocycles. The molecule has 0 atom stereocenters. The van der Waals surface area contributed by atoms with E-state index in [1.165, 1.54) is 17.8 Å². The number of alkyl halides is 3. The number of aromatic carboxylic acids is 1. The smallest absolute Gasteiger partial charge is 0.441 e. The fraction of sp³-hybridized carbons (Fsp3) is 0.300. The summed E-state index contributed by atoms with van der Waals surface area (Å²) < 4.78 is 36.1. The number of hydrogen-bond acceptors (Lipinski definition) is 3. The van der Waals surface area contributed by atoms with E-state index in [2.05, 4.69) is 15.9 Å². The van der Waals surface area contributed by atoms with Crippen molar-refractivity contribution in [3.8, 4) is 0 Å². The zero-order valence-corrected chi connectivity index (χ0v) is 12.0. The van der Waals surface area contributed by atoms with Crippen LogP contribution in [0.5, 0.6) is 0 Å². The molecular formula is C10H8BrF3O2S2. The standard InChI is InChI=1S/C10H8BrF3O2S2/c11-8-2-1-6(5-7(8)9(15)16)17-3-4-18-10(12,13)14/h1-2,5H,3-4H2,(H,15,16). The zero-order valence-electron chi connectivity index (χ0n) is 8.83. The SMILES string of the molecule is O=C(O)c1cc(SCCSC(F)(F)F)ccc1Br. The number of rotatable bonds is 5. The number of thioether (sulfide) groups is 2. The molecule has 0 fully saturated rings. The number of carbonyl (C=O) groups is 1. The highest BCUT2D eigenvalue weighted by molar-refractivity contribution is 9.10. The number of carboxylic acids is 1. The molecule has 0 radical (unpaired) electrons. The maximum atomic E-state index is 11.9. The predicted molar refractivity (Wildman–Crippen MR) is 70.3 cm³/mol. The average molecular weight is 361 g/mol. The Hall–Kier alpha value is -0.340. The minimum absolute atomic E-state index is 0.0629. The zero-order chi connectivity index (χ0) is 13.8. The van der Waals surface area contributed by atoms with Crippen molar-refractivity contribution in [3.05, 3.63) is 28.2 Å². The summed E-state index contributed by atoms with van der Waals surface area (Å²) in [7, 11) is 0. The minimum atomic E-state index is -4.22. The second-order valence-electron chi connectivity index (χ2n) is 3.09. The summed E-state index contributed by atoms with van der Waals surface area (Å²) in [4.78, 5) is 11.5. The molecule has 0 unspecified atom stereocenters. The van der Waals surface area contributed by atoms with Crippen molar-refractivity contribution in [1.82, 2.24) is 0 Å². The number of halogens is 4. The highest BCUT2D eigenvalue weighted by Gasteiger charge is 2.27. The van der Waals surface area contributed by atoms with Crippen LogP contribution in [-0.2, 0) is 0 Å². The van der Waals surface area contributed by atoms with Gasteiger partial charge in [-0.2, -0.15) is 13.2 Å². The summed E-state index contributed by atoms with van der Waals surface area (Å²) in [6, 6.07) is 4.68. The Balaban J connectivity index is 2.53. The van der Waals surface area contributed by atoms with Crippen molar-refractivity contribution >= 4 is 45.4 Å². The van der Waals surface area contributed by atoms with Gasteiger partial charge in [0, 0.05) is 20.9 Å². The van der Waals surface area contributed by atoms with Crippen molar-refractivity contribution in [2.75, 3.05) is 11.5 Å². The van der Waals surface area contributed by atoms with Gasteiger partial charge in [0.1, 0.15) is 0 Å². The highest BCUT2D eigenvalue weighted by Crippen LogP contribution is 2.32. The van der Waals surface area contributed by atoms with Gasteiger partial charge in [-0.15, -0.1) is 11.8 Å². The lowest BCUT2D eigenvalue weighted by molar-refractivity contribution is -0.0326. The Labute approximate surface area is 118 Å². The first-order chi connectivity index (χ1) is 8.29. The molecule has 1 aromatic carbocycles.